The van der Waals surface area contributed by atoms with E-state index in [2.05, 4.69) is 15.9 Å². The van der Waals surface area contributed by atoms with Gasteiger partial charge in [-0.05, 0) is 23.6 Å². The van der Waals surface area contributed by atoms with Crippen LogP contribution in [-0.2, 0) is 19.1 Å². The van der Waals surface area contributed by atoms with E-state index < -0.39 is 11.9 Å². The Kier molecular flexibility index (Phi) is 5.08. The Labute approximate surface area is 166 Å². The number of carbonyl (C=O) groups excluding carboxylic acids is 2. The van der Waals surface area contributed by atoms with Crippen molar-refractivity contribution in [3.8, 4) is 5.75 Å². The van der Waals surface area contributed by atoms with Crippen molar-refractivity contribution in [2.75, 3.05) is 14.2 Å². The lowest BCUT2D eigenvalue weighted by Crippen LogP contribution is -2.35. The number of allylic oxidation sites excluding steroid dienone is 2. The van der Waals surface area contributed by atoms with E-state index in [1.165, 1.54) is 14.2 Å². The molecule has 27 heavy (non-hydrogen) atoms. The topological polar surface area (TPSA) is 87.9 Å². The van der Waals surface area contributed by atoms with Crippen molar-refractivity contribution in [3.05, 3.63) is 51.0 Å². The third-order valence-electron chi connectivity index (χ3n) is 4.86. The second-order valence-corrected chi connectivity index (χ2v) is 8.38. The number of methoxy groups -OCH3 is 2. The number of esters is 1. The number of Topliss-reactive ketones (excluding diaryl/α,β-unsaturated/α-hetero) is 1. The highest BCUT2D eigenvalue weighted by Crippen LogP contribution is 2.50. The van der Waals surface area contributed by atoms with Crippen LogP contribution < -0.4 is 10.5 Å². The van der Waals surface area contributed by atoms with Crippen LogP contribution in [0.25, 0.3) is 0 Å². The average molecular weight is 436 g/mol. The van der Waals surface area contributed by atoms with Crippen LogP contribution in [0.2, 0.25) is 0 Å². The first kappa shape index (κ1) is 19.5. The first-order chi connectivity index (χ1) is 12.7. The molecule has 1 atom stereocenters. The van der Waals surface area contributed by atoms with Crippen molar-refractivity contribution in [1.82, 2.24) is 0 Å². The van der Waals surface area contributed by atoms with Gasteiger partial charge in [-0.2, -0.15) is 0 Å². The van der Waals surface area contributed by atoms with E-state index in [9.17, 15) is 9.59 Å². The minimum atomic E-state index is -0.711. The molecule has 0 spiro atoms. The average Bonchev–Trinajstić information content (AvgIpc) is 2.58. The summed E-state index contributed by atoms with van der Waals surface area (Å²) >= 11 is 3.45. The SMILES string of the molecule is COC(=O)C1=C(N)OC2=C(C(=O)CC(C)(C)C2)[C@@H]1c1cc(Br)ccc1OC. The van der Waals surface area contributed by atoms with Gasteiger partial charge in [-0.25, -0.2) is 4.79 Å². The van der Waals surface area contributed by atoms with E-state index >= 15 is 0 Å². The Balaban J connectivity index is 2.28. The van der Waals surface area contributed by atoms with E-state index in [-0.39, 0.29) is 22.7 Å². The van der Waals surface area contributed by atoms with Gasteiger partial charge in [-0.1, -0.05) is 29.8 Å². The lowest BCUT2D eigenvalue weighted by molar-refractivity contribution is -0.136. The Bertz CT molecular complexity index is 884. The molecule has 0 saturated carbocycles. The number of halogens is 1. The normalized spacial score (nSPS) is 21.5. The number of nitrogens with two attached hydrogens (primary N) is 1. The third-order valence-corrected chi connectivity index (χ3v) is 5.36. The number of hydrogen-bond acceptors (Lipinski definition) is 6. The van der Waals surface area contributed by atoms with E-state index in [1.807, 2.05) is 26.0 Å². The maximum absolute atomic E-state index is 13.1. The highest BCUT2D eigenvalue weighted by atomic mass is 79.9. The molecule has 6 nitrogen and oxygen atoms in total. The predicted molar refractivity (Wildman–Crippen MR) is 103 cm³/mol. The van der Waals surface area contributed by atoms with Crippen LogP contribution in [0.5, 0.6) is 5.75 Å². The molecule has 1 heterocycles. The van der Waals surface area contributed by atoms with Crippen molar-refractivity contribution < 1.29 is 23.8 Å². The molecule has 1 aromatic carbocycles. The molecule has 0 fully saturated rings. The summed E-state index contributed by atoms with van der Waals surface area (Å²) in [6, 6.07) is 5.42. The molecule has 2 aliphatic rings. The second kappa shape index (κ2) is 7.03. The lowest BCUT2D eigenvalue weighted by Gasteiger charge is -2.38. The Hall–Kier alpha value is -2.28. The van der Waals surface area contributed by atoms with Crippen molar-refractivity contribution in [2.45, 2.75) is 32.6 Å². The van der Waals surface area contributed by atoms with E-state index in [0.29, 0.717) is 35.5 Å². The van der Waals surface area contributed by atoms with Crippen molar-refractivity contribution in [1.29, 1.82) is 0 Å². The van der Waals surface area contributed by atoms with Gasteiger partial charge >= 0.3 is 5.97 Å². The zero-order valence-electron chi connectivity index (χ0n) is 15.7. The first-order valence-electron chi connectivity index (χ1n) is 8.54. The summed E-state index contributed by atoms with van der Waals surface area (Å²) in [5.41, 5.74) is 7.08. The number of rotatable bonds is 3. The predicted octanol–water partition coefficient (Wildman–Crippen LogP) is 3.56. The Morgan fingerprint density at radius 1 is 1.30 bits per heavy atom. The summed E-state index contributed by atoms with van der Waals surface area (Å²) in [6.07, 6.45) is 0.909. The minimum absolute atomic E-state index is 0.0434. The molecule has 1 aliphatic carbocycles. The van der Waals surface area contributed by atoms with Crippen LogP contribution in [0.15, 0.2) is 45.5 Å². The molecule has 0 amide bonds. The van der Waals surface area contributed by atoms with Crippen LogP contribution >= 0.6 is 15.9 Å². The molecule has 144 valence electrons. The molecule has 0 saturated heterocycles. The van der Waals surface area contributed by atoms with Gasteiger partial charge in [0.05, 0.1) is 20.1 Å². The van der Waals surface area contributed by atoms with E-state index in [0.717, 1.165) is 4.47 Å². The number of benzene rings is 1. The zero-order valence-corrected chi connectivity index (χ0v) is 17.3. The number of ether oxygens (including phenoxy) is 3. The van der Waals surface area contributed by atoms with Gasteiger partial charge in [-0.15, -0.1) is 0 Å². The summed E-state index contributed by atoms with van der Waals surface area (Å²) in [5.74, 6) is -0.404. The molecule has 0 radical (unpaired) electrons. The summed E-state index contributed by atoms with van der Waals surface area (Å²) in [6.45, 7) is 4.00. The minimum Gasteiger partial charge on any atom is -0.496 e. The molecule has 1 aliphatic heterocycles. The molecule has 3 rings (SSSR count). The highest BCUT2D eigenvalue weighted by Gasteiger charge is 2.45. The molecular weight excluding hydrogens is 414 g/mol. The summed E-state index contributed by atoms with van der Waals surface area (Å²) in [5, 5.41) is 0. The fourth-order valence-electron chi connectivity index (χ4n) is 3.74. The third kappa shape index (κ3) is 3.48. The molecule has 0 bridgehead atoms. The summed E-state index contributed by atoms with van der Waals surface area (Å²) < 4.78 is 17.0. The van der Waals surface area contributed by atoms with E-state index in [4.69, 9.17) is 19.9 Å². The fourth-order valence-corrected chi connectivity index (χ4v) is 4.11. The summed E-state index contributed by atoms with van der Waals surface area (Å²) in [4.78, 5) is 25.6. The zero-order chi connectivity index (χ0) is 19.9. The highest BCUT2D eigenvalue weighted by molar-refractivity contribution is 9.10. The Morgan fingerprint density at radius 2 is 2.00 bits per heavy atom. The van der Waals surface area contributed by atoms with Gasteiger partial charge in [0.1, 0.15) is 17.1 Å². The van der Waals surface area contributed by atoms with Gasteiger partial charge in [0.25, 0.3) is 0 Å². The Morgan fingerprint density at radius 3 is 2.63 bits per heavy atom. The maximum atomic E-state index is 13.1. The molecule has 0 aromatic heterocycles. The van der Waals surface area contributed by atoms with Crippen LogP contribution in [0.1, 0.15) is 38.2 Å². The summed E-state index contributed by atoms with van der Waals surface area (Å²) in [7, 11) is 2.81. The lowest BCUT2D eigenvalue weighted by atomic mass is 9.70. The van der Waals surface area contributed by atoms with E-state index in [1.54, 1.807) is 6.07 Å². The standard InChI is InChI=1S/C20H22BrNO5/c1-20(2)8-12(23)16-14(9-20)27-18(22)17(19(24)26-4)15(16)11-7-10(21)5-6-13(11)25-3/h5-7,15H,8-9,22H2,1-4H3/t15-/m0/s1. The number of hydrogen-bond donors (Lipinski definition) is 1. The van der Waals surface area contributed by atoms with Crippen LogP contribution in [0.3, 0.4) is 0 Å². The van der Waals surface area contributed by atoms with Crippen molar-refractivity contribution >= 4 is 27.7 Å². The quantitative estimate of drug-likeness (QED) is 0.730. The van der Waals surface area contributed by atoms with Crippen LogP contribution in [-0.4, -0.2) is 26.0 Å². The first-order valence-corrected chi connectivity index (χ1v) is 9.33. The number of carbonyl (C=O) groups is 2. The van der Waals surface area contributed by atoms with Gasteiger partial charge < -0.3 is 19.9 Å². The van der Waals surface area contributed by atoms with Crippen LogP contribution in [0.4, 0.5) is 0 Å². The van der Waals surface area contributed by atoms with Gasteiger partial charge in [0.15, 0.2) is 5.78 Å². The molecular formula is C20H22BrNO5. The maximum Gasteiger partial charge on any atom is 0.340 e. The van der Waals surface area contributed by atoms with Gasteiger partial charge in [0.2, 0.25) is 5.88 Å². The van der Waals surface area contributed by atoms with Crippen molar-refractivity contribution in [2.24, 2.45) is 11.1 Å². The van der Waals surface area contributed by atoms with Crippen LogP contribution in [0, 0.1) is 5.41 Å². The van der Waals surface area contributed by atoms with Gasteiger partial charge in [-0.3, -0.25) is 4.79 Å². The molecule has 2 N–H and O–H groups in total. The van der Waals surface area contributed by atoms with Gasteiger partial charge in [0, 0.05) is 28.5 Å². The fraction of sp³-hybridized carbons (Fsp3) is 0.400. The van der Waals surface area contributed by atoms with Crippen molar-refractivity contribution in [3.63, 3.8) is 0 Å². The number of ketones is 1. The molecule has 7 heteroatoms. The second-order valence-electron chi connectivity index (χ2n) is 7.47. The monoisotopic (exact) mass is 435 g/mol. The smallest absolute Gasteiger partial charge is 0.340 e. The largest absolute Gasteiger partial charge is 0.496 e. The molecule has 1 aromatic rings. The molecule has 0 unspecified atom stereocenters.